The van der Waals surface area contributed by atoms with E-state index < -0.39 is 0 Å². The maximum absolute atomic E-state index is 13.5. The van der Waals surface area contributed by atoms with Crippen molar-refractivity contribution in [3.63, 3.8) is 0 Å². The zero-order valence-corrected chi connectivity index (χ0v) is 21.7. The Kier molecular flexibility index (Phi) is 7.19. The third-order valence-electron chi connectivity index (χ3n) is 6.00. The number of halogens is 3. The summed E-state index contributed by atoms with van der Waals surface area (Å²) in [6.07, 6.45) is 2.00. The van der Waals surface area contributed by atoms with Crippen molar-refractivity contribution in [2.45, 2.75) is 18.7 Å². The van der Waals surface area contributed by atoms with Crippen LogP contribution in [0, 0.1) is 5.82 Å². The minimum Gasteiger partial charge on any atom is -0.344 e. The van der Waals surface area contributed by atoms with E-state index in [1.165, 1.54) is 12.1 Å². The van der Waals surface area contributed by atoms with Crippen molar-refractivity contribution >= 4 is 52.5 Å². The lowest BCUT2D eigenvalue weighted by Gasteiger charge is -2.19. The molecular formula is C28H22Cl2FN3OS. The van der Waals surface area contributed by atoms with Crippen LogP contribution in [-0.2, 0) is 5.75 Å². The Bertz CT molecular complexity index is 1450. The van der Waals surface area contributed by atoms with Gasteiger partial charge >= 0.3 is 0 Å². The molecule has 0 unspecified atom stereocenters. The lowest BCUT2D eigenvalue weighted by molar-refractivity contribution is 0.0933. The number of hydrogen-bond donors (Lipinski definition) is 1. The van der Waals surface area contributed by atoms with Crippen LogP contribution in [0.3, 0.4) is 0 Å². The molecule has 2 heterocycles. The molecule has 1 atom stereocenters. The Morgan fingerprint density at radius 1 is 1.08 bits per heavy atom. The topological polar surface area (TPSA) is 46.9 Å². The van der Waals surface area contributed by atoms with Crippen molar-refractivity contribution in [2.24, 2.45) is 0 Å². The Morgan fingerprint density at radius 2 is 1.83 bits per heavy atom. The molecule has 0 bridgehead atoms. The van der Waals surface area contributed by atoms with E-state index in [0.29, 0.717) is 32.9 Å². The highest BCUT2D eigenvalue weighted by atomic mass is 35.5. The second kappa shape index (κ2) is 10.5. The highest BCUT2D eigenvalue weighted by Crippen LogP contribution is 2.39. The molecule has 1 aliphatic rings. The highest BCUT2D eigenvalue weighted by Gasteiger charge is 2.30. The van der Waals surface area contributed by atoms with Crippen LogP contribution in [0.1, 0.15) is 45.8 Å². The van der Waals surface area contributed by atoms with E-state index >= 15 is 0 Å². The van der Waals surface area contributed by atoms with Gasteiger partial charge in [0.05, 0.1) is 22.4 Å². The van der Waals surface area contributed by atoms with E-state index in [4.69, 9.17) is 28.3 Å². The highest BCUT2D eigenvalue weighted by molar-refractivity contribution is 7.99. The van der Waals surface area contributed by atoms with Crippen molar-refractivity contribution in [3.05, 3.63) is 117 Å². The standard InChI is InChI=1S/C28H22Cl2FN3OS/c1-17(19-5-3-2-4-6-19)32-28(35)26-23-16-36-15-20(13-18-7-10-22(31)11-8-18)27(23)34(33-26)25-12-9-21(29)14-24(25)30/h2-14,17H,15-16H2,1H3,(H,32,35)/b20-13+/t17-/m0/s1. The van der Waals surface area contributed by atoms with Crippen LogP contribution in [-0.4, -0.2) is 21.4 Å². The molecule has 182 valence electrons. The van der Waals surface area contributed by atoms with Gasteiger partial charge in [0.25, 0.3) is 5.91 Å². The van der Waals surface area contributed by atoms with E-state index in [2.05, 4.69) is 5.32 Å². The zero-order chi connectivity index (χ0) is 25.2. The molecule has 0 radical (unpaired) electrons. The fraction of sp³-hybridized carbons (Fsp3) is 0.143. The first-order valence-corrected chi connectivity index (χ1v) is 13.3. The molecule has 3 aromatic carbocycles. The average Bonchev–Trinajstić information content (AvgIpc) is 3.26. The number of nitrogens with one attached hydrogen (secondary N) is 1. The van der Waals surface area contributed by atoms with Gasteiger partial charge in [-0.25, -0.2) is 9.07 Å². The Balaban J connectivity index is 1.61. The Morgan fingerprint density at radius 3 is 2.56 bits per heavy atom. The number of thioether (sulfide) groups is 1. The van der Waals surface area contributed by atoms with Gasteiger partial charge < -0.3 is 5.32 Å². The van der Waals surface area contributed by atoms with Gasteiger partial charge in [0.1, 0.15) is 5.82 Å². The van der Waals surface area contributed by atoms with E-state index in [-0.39, 0.29) is 17.8 Å². The second-order valence-corrected chi connectivity index (χ2v) is 10.3. The van der Waals surface area contributed by atoms with Crippen molar-refractivity contribution in [2.75, 3.05) is 5.75 Å². The van der Waals surface area contributed by atoms with Crippen LogP contribution >= 0.6 is 35.0 Å². The van der Waals surface area contributed by atoms with Gasteiger partial charge in [-0.15, -0.1) is 0 Å². The molecule has 4 aromatic rings. The number of amides is 1. The molecule has 4 nitrogen and oxygen atoms in total. The van der Waals surface area contributed by atoms with Crippen molar-refractivity contribution in [1.82, 2.24) is 15.1 Å². The van der Waals surface area contributed by atoms with Crippen molar-refractivity contribution in [1.29, 1.82) is 0 Å². The Hall–Kier alpha value is -3.06. The summed E-state index contributed by atoms with van der Waals surface area (Å²) in [6, 6.07) is 21.1. The molecule has 0 saturated heterocycles. The predicted molar refractivity (Wildman–Crippen MR) is 146 cm³/mol. The first-order chi connectivity index (χ1) is 17.4. The van der Waals surface area contributed by atoms with Gasteiger partial charge in [-0.2, -0.15) is 16.9 Å². The number of hydrogen-bond acceptors (Lipinski definition) is 3. The number of nitrogens with zero attached hydrogens (tertiary/aromatic N) is 2. The largest absolute Gasteiger partial charge is 0.344 e. The molecule has 36 heavy (non-hydrogen) atoms. The van der Waals surface area contributed by atoms with Gasteiger partial charge in [-0.1, -0.05) is 65.7 Å². The van der Waals surface area contributed by atoms with E-state index in [1.807, 2.05) is 43.3 Å². The maximum Gasteiger partial charge on any atom is 0.272 e. The van der Waals surface area contributed by atoms with Gasteiger partial charge in [-0.05, 0) is 60.0 Å². The van der Waals surface area contributed by atoms with Gasteiger partial charge in [0.2, 0.25) is 0 Å². The first-order valence-electron chi connectivity index (χ1n) is 11.4. The molecule has 0 saturated carbocycles. The van der Waals surface area contributed by atoms with E-state index in [0.717, 1.165) is 28.0 Å². The van der Waals surface area contributed by atoms with Crippen LogP contribution in [0.2, 0.25) is 10.0 Å². The fourth-order valence-electron chi connectivity index (χ4n) is 4.22. The fourth-order valence-corrected chi connectivity index (χ4v) is 5.73. The molecule has 5 rings (SSSR count). The summed E-state index contributed by atoms with van der Waals surface area (Å²) >= 11 is 14.4. The van der Waals surface area contributed by atoms with E-state index in [9.17, 15) is 9.18 Å². The summed E-state index contributed by atoms with van der Waals surface area (Å²) < 4.78 is 15.2. The zero-order valence-electron chi connectivity index (χ0n) is 19.3. The molecule has 0 aliphatic carbocycles. The summed E-state index contributed by atoms with van der Waals surface area (Å²) in [5.74, 6) is 0.794. The number of carbonyl (C=O) groups excluding carboxylic acids is 1. The normalized spacial score (nSPS) is 14.9. The maximum atomic E-state index is 13.5. The van der Waals surface area contributed by atoms with Crippen LogP contribution < -0.4 is 5.32 Å². The van der Waals surface area contributed by atoms with Gasteiger partial charge in [0.15, 0.2) is 5.69 Å². The third-order valence-corrected chi connectivity index (χ3v) is 7.55. The van der Waals surface area contributed by atoms with Crippen LogP contribution in [0.5, 0.6) is 0 Å². The number of rotatable bonds is 5. The number of fused-ring (bicyclic) bond motifs is 1. The van der Waals surface area contributed by atoms with Crippen molar-refractivity contribution < 1.29 is 9.18 Å². The monoisotopic (exact) mass is 537 g/mol. The number of benzene rings is 3. The third kappa shape index (κ3) is 5.07. The average molecular weight is 538 g/mol. The molecule has 8 heteroatoms. The lowest BCUT2D eigenvalue weighted by atomic mass is 10.0. The summed E-state index contributed by atoms with van der Waals surface area (Å²) in [6.45, 7) is 1.95. The van der Waals surface area contributed by atoms with Crippen LogP contribution in [0.15, 0.2) is 72.8 Å². The summed E-state index contributed by atoms with van der Waals surface area (Å²) in [5, 5.41) is 8.79. The lowest BCUT2D eigenvalue weighted by Crippen LogP contribution is -2.28. The van der Waals surface area contributed by atoms with Gasteiger partial charge in [-0.3, -0.25) is 4.79 Å². The van der Waals surface area contributed by atoms with E-state index in [1.54, 1.807) is 46.8 Å². The second-order valence-electron chi connectivity index (χ2n) is 8.50. The molecule has 1 N–H and O–H groups in total. The molecule has 1 amide bonds. The number of aromatic nitrogens is 2. The molecule has 0 fully saturated rings. The Labute approximate surface area is 223 Å². The summed E-state index contributed by atoms with van der Waals surface area (Å²) in [7, 11) is 0. The molecule has 0 spiro atoms. The first kappa shape index (κ1) is 24.6. The molecular weight excluding hydrogens is 516 g/mol. The number of carbonyl (C=O) groups is 1. The minimum atomic E-state index is -0.291. The quantitative estimate of drug-likeness (QED) is 0.285. The smallest absolute Gasteiger partial charge is 0.272 e. The molecule has 1 aromatic heterocycles. The predicted octanol–water partition coefficient (Wildman–Crippen LogP) is 7.60. The van der Waals surface area contributed by atoms with Crippen LogP contribution in [0.25, 0.3) is 17.3 Å². The van der Waals surface area contributed by atoms with Crippen LogP contribution in [0.4, 0.5) is 4.39 Å². The van der Waals surface area contributed by atoms with Crippen molar-refractivity contribution in [3.8, 4) is 5.69 Å². The molecule has 1 aliphatic heterocycles. The van der Waals surface area contributed by atoms with Gasteiger partial charge in [0, 0.05) is 22.1 Å². The SMILES string of the molecule is C[C@H](NC(=O)c1nn(-c2ccc(Cl)cc2Cl)c2c1CSC/C2=C\c1ccc(F)cc1)c1ccccc1. The summed E-state index contributed by atoms with van der Waals surface area (Å²) in [4.78, 5) is 13.5. The minimum absolute atomic E-state index is 0.191. The summed E-state index contributed by atoms with van der Waals surface area (Å²) in [5.41, 5.74) is 5.48.